The average Bonchev–Trinajstić information content (AvgIpc) is 2.97. The Bertz CT molecular complexity index is 1090. The van der Waals surface area contributed by atoms with Crippen LogP contribution >= 0.6 is 0 Å². The Morgan fingerprint density at radius 2 is 1.77 bits per heavy atom. The van der Waals surface area contributed by atoms with Gasteiger partial charge in [-0.05, 0) is 80.2 Å². The topological polar surface area (TPSA) is 95.4 Å². The van der Waals surface area contributed by atoms with Gasteiger partial charge in [0.25, 0.3) is 0 Å². The fraction of sp³-hybridized carbons (Fsp3) is 0.636. The molecule has 1 aromatic carbocycles. The normalized spacial score (nSPS) is 26.3. The van der Waals surface area contributed by atoms with E-state index >= 15 is 0 Å². The second-order valence-corrected chi connectivity index (χ2v) is 12.4. The van der Waals surface area contributed by atoms with Crippen molar-refractivity contribution in [2.75, 3.05) is 18.4 Å². The summed E-state index contributed by atoms with van der Waals surface area (Å²) in [4.78, 5) is 36.7. The molecule has 2 N–H and O–H groups in total. The van der Waals surface area contributed by atoms with Crippen molar-refractivity contribution in [2.45, 2.75) is 102 Å². The van der Waals surface area contributed by atoms with E-state index in [0.29, 0.717) is 19.0 Å². The third kappa shape index (κ3) is 7.28. The molecule has 2 aromatic rings. The molecule has 1 aliphatic carbocycles. The molecular formula is C33H48N4O3. The number of aliphatic hydroxyl groups is 1. The van der Waals surface area contributed by atoms with Crippen LogP contribution in [-0.4, -0.2) is 50.5 Å². The number of rotatable bonds is 9. The fourth-order valence-corrected chi connectivity index (χ4v) is 7.08. The van der Waals surface area contributed by atoms with Gasteiger partial charge in [-0.25, -0.2) is 9.97 Å². The minimum atomic E-state index is -0.761. The van der Waals surface area contributed by atoms with Crippen LogP contribution in [-0.2, 0) is 15.0 Å². The van der Waals surface area contributed by atoms with E-state index in [1.165, 1.54) is 5.56 Å². The van der Waals surface area contributed by atoms with Crippen LogP contribution in [0.5, 0.6) is 0 Å². The van der Waals surface area contributed by atoms with E-state index in [0.717, 1.165) is 64.2 Å². The molecule has 2 heterocycles. The lowest BCUT2D eigenvalue weighted by Gasteiger charge is -2.46. The van der Waals surface area contributed by atoms with Crippen molar-refractivity contribution in [3.8, 4) is 0 Å². The molecule has 2 aliphatic rings. The number of hydrogen-bond acceptors (Lipinski definition) is 5. The van der Waals surface area contributed by atoms with Gasteiger partial charge >= 0.3 is 0 Å². The van der Waals surface area contributed by atoms with Crippen LogP contribution in [0.4, 0.5) is 5.95 Å². The Morgan fingerprint density at radius 1 is 1.07 bits per heavy atom. The monoisotopic (exact) mass is 548 g/mol. The standard InChI is InChI=1S/C33H48N4O3/c1-4-25(2)24-32(27-12-6-5-7-13-27)16-8-14-28(33(40)18-9-19-33)26(3)30(39)37(22-10-17-32)23-15-29(38)36-31-34-20-11-21-35-31/h5-7,11-13,20-21,25-26,28,40H,4,8-10,14-19,22-24H2,1-3H3,(H,34,35,36,38)/t25?,26?,28?,32-/m0/s1. The summed E-state index contributed by atoms with van der Waals surface area (Å²) >= 11 is 0. The molecule has 7 nitrogen and oxygen atoms in total. The van der Waals surface area contributed by atoms with Gasteiger partial charge in [-0.2, -0.15) is 0 Å². The van der Waals surface area contributed by atoms with Crippen molar-refractivity contribution in [3.63, 3.8) is 0 Å². The smallest absolute Gasteiger partial charge is 0.229 e. The number of amides is 2. The Kier molecular flexibility index (Phi) is 10.3. The largest absolute Gasteiger partial charge is 0.390 e. The van der Waals surface area contributed by atoms with Crippen molar-refractivity contribution >= 4 is 17.8 Å². The van der Waals surface area contributed by atoms with Gasteiger partial charge in [-0.1, -0.05) is 63.9 Å². The average molecular weight is 549 g/mol. The third-order valence-electron chi connectivity index (χ3n) is 9.72. The number of carbonyl (C=O) groups is 2. The molecule has 1 aromatic heterocycles. The lowest BCUT2D eigenvalue weighted by atomic mass is 9.63. The molecule has 0 radical (unpaired) electrons. The summed E-state index contributed by atoms with van der Waals surface area (Å²) < 4.78 is 0. The molecule has 0 bridgehead atoms. The second kappa shape index (κ2) is 13.7. The van der Waals surface area contributed by atoms with Gasteiger partial charge in [0.15, 0.2) is 0 Å². The van der Waals surface area contributed by atoms with E-state index < -0.39 is 5.60 Å². The predicted octanol–water partition coefficient (Wildman–Crippen LogP) is 6.14. The molecule has 3 unspecified atom stereocenters. The highest BCUT2D eigenvalue weighted by atomic mass is 16.3. The molecule has 4 rings (SSSR count). The highest BCUT2D eigenvalue weighted by Gasteiger charge is 2.47. The number of carbonyl (C=O) groups excluding carboxylic acids is 2. The minimum Gasteiger partial charge on any atom is -0.390 e. The number of aromatic nitrogens is 2. The number of anilines is 1. The van der Waals surface area contributed by atoms with Crippen molar-refractivity contribution in [1.29, 1.82) is 0 Å². The van der Waals surface area contributed by atoms with Crippen molar-refractivity contribution in [1.82, 2.24) is 14.9 Å². The van der Waals surface area contributed by atoms with E-state index in [1.54, 1.807) is 18.5 Å². The van der Waals surface area contributed by atoms with E-state index in [1.807, 2.05) is 11.8 Å². The SMILES string of the molecule is CCC(C)C[C@]1(c2ccccc2)CCCC(C2(O)CCC2)C(C)C(=O)N(CCC(=O)Nc2ncccn2)CCC1. The van der Waals surface area contributed by atoms with E-state index in [9.17, 15) is 14.7 Å². The first-order valence-electron chi connectivity index (χ1n) is 15.4. The van der Waals surface area contributed by atoms with Crippen LogP contribution in [0.15, 0.2) is 48.8 Å². The molecule has 7 heteroatoms. The lowest BCUT2D eigenvalue weighted by molar-refractivity contribution is -0.149. The minimum absolute atomic E-state index is 0.0355. The molecule has 0 spiro atoms. The molecule has 40 heavy (non-hydrogen) atoms. The Labute approximate surface area is 240 Å². The quantitative estimate of drug-likeness (QED) is 0.392. The molecule has 2 fully saturated rings. The van der Waals surface area contributed by atoms with Gasteiger partial charge in [0.1, 0.15) is 0 Å². The molecule has 2 amide bonds. The van der Waals surface area contributed by atoms with Gasteiger partial charge in [0, 0.05) is 37.8 Å². The maximum atomic E-state index is 14.0. The zero-order chi connectivity index (χ0) is 28.6. The van der Waals surface area contributed by atoms with Crippen LogP contribution in [0, 0.1) is 17.8 Å². The van der Waals surface area contributed by atoms with Gasteiger partial charge in [0.2, 0.25) is 17.8 Å². The van der Waals surface area contributed by atoms with Gasteiger partial charge in [-0.15, -0.1) is 0 Å². The van der Waals surface area contributed by atoms with Crippen LogP contribution in [0.2, 0.25) is 0 Å². The van der Waals surface area contributed by atoms with Crippen molar-refractivity contribution < 1.29 is 14.7 Å². The van der Waals surface area contributed by atoms with Crippen LogP contribution in [0.25, 0.3) is 0 Å². The van der Waals surface area contributed by atoms with E-state index in [4.69, 9.17) is 0 Å². The zero-order valence-electron chi connectivity index (χ0n) is 24.6. The number of hydrogen-bond donors (Lipinski definition) is 2. The molecule has 1 aliphatic heterocycles. The van der Waals surface area contributed by atoms with E-state index in [2.05, 4.69) is 59.5 Å². The maximum absolute atomic E-state index is 14.0. The van der Waals surface area contributed by atoms with Gasteiger partial charge in [0.05, 0.1) is 5.60 Å². The Morgan fingerprint density at radius 3 is 2.42 bits per heavy atom. The summed E-state index contributed by atoms with van der Waals surface area (Å²) in [5.41, 5.74) is 0.665. The van der Waals surface area contributed by atoms with E-state index in [-0.39, 0.29) is 41.4 Å². The Hall–Kier alpha value is -2.80. The van der Waals surface area contributed by atoms with Crippen LogP contribution in [0.1, 0.15) is 97.0 Å². The number of benzene rings is 1. The predicted molar refractivity (Wildman–Crippen MR) is 159 cm³/mol. The maximum Gasteiger partial charge on any atom is 0.229 e. The van der Waals surface area contributed by atoms with Crippen molar-refractivity contribution in [3.05, 3.63) is 54.4 Å². The van der Waals surface area contributed by atoms with Gasteiger partial charge < -0.3 is 10.0 Å². The molecular weight excluding hydrogens is 500 g/mol. The summed E-state index contributed by atoms with van der Waals surface area (Å²) in [7, 11) is 0. The summed E-state index contributed by atoms with van der Waals surface area (Å²) in [6, 6.07) is 12.6. The fourth-order valence-electron chi connectivity index (χ4n) is 7.08. The molecule has 1 saturated carbocycles. The number of nitrogens with one attached hydrogen (secondary N) is 1. The lowest BCUT2D eigenvalue weighted by Crippen LogP contribution is -2.51. The third-order valence-corrected chi connectivity index (χ3v) is 9.72. The Balaban J connectivity index is 1.58. The van der Waals surface area contributed by atoms with Gasteiger partial charge in [-0.3, -0.25) is 14.9 Å². The molecule has 1 saturated heterocycles. The second-order valence-electron chi connectivity index (χ2n) is 12.4. The summed E-state index contributed by atoms with van der Waals surface area (Å²) in [6.07, 6.45) is 12.9. The number of nitrogens with zero attached hydrogens (tertiary/aromatic N) is 3. The van der Waals surface area contributed by atoms with Crippen LogP contribution in [0.3, 0.4) is 0 Å². The van der Waals surface area contributed by atoms with Crippen LogP contribution < -0.4 is 5.32 Å². The summed E-state index contributed by atoms with van der Waals surface area (Å²) in [5.74, 6) is 0.364. The molecule has 4 atom stereocenters. The first kappa shape index (κ1) is 30.2. The first-order chi connectivity index (χ1) is 19.3. The molecule has 218 valence electrons. The first-order valence-corrected chi connectivity index (χ1v) is 15.4. The zero-order valence-corrected chi connectivity index (χ0v) is 24.6. The highest BCUT2D eigenvalue weighted by molar-refractivity contribution is 5.89. The summed E-state index contributed by atoms with van der Waals surface area (Å²) in [5, 5.41) is 14.3. The highest BCUT2D eigenvalue weighted by Crippen LogP contribution is 2.47. The van der Waals surface area contributed by atoms with Crippen molar-refractivity contribution in [2.24, 2.45) is 17.8 Å². The summed E-state index contributed by atoms with van der Waals surface area (Å²) in [6.45, 7) is 7.57.